The van der Waals surface area contributed by atoms with Gasteiger partial charge in [0.2, 0.25) is 5.91 Å². The molecule has 1 aromatic heterocycles. The smallest absolute Gasteiger partial charge is 0.225 e. The molecule has 2 heterocycles. The van der Waals surface area contributed by atoms with Crippen molar-refractivity contribution in [2.45, 2.75) is 26.4 Å². The lowest BCUT2D eigenvalue weighted by atomic mass is 10.1. The van der Waals surface area contributed by atoms with E-state index in [2.05, 4.69) is 16.7 Å². The van der Waals surface area contributed by atoms with E-state index >= 15 is 0 Å². The van der Waals surface area contributed by atoms with Crippen LogP contribution in [0.1, 0.15) is 25.8 Å². The molecule has 0 saturated heterocycles. The van der Waals surface area contributed by atoms with Crippen LogP contribution in [0.25, 0.3) is 0 Å². The zero-order chi connectivity index (χ0) is 15.2. The van der Waals surface area contributed by atoms with Gasteiger partial charge in [-0.3, -0.25) is 9.78 Å². The maximum absolute atomic E-state index is 12.1. The van der Waals surface area contributed by atoms with Crippen molar-refractivity contribution < 1.29 is 9.63 Å². The Hall–Kier alpha value is -2.17. The average molecular weight is 287 g/mol. The number of carbonyl (C=O) groups excluding carboxylic acids is 1. The van der Waals surface area contributed by atoms with Crippen LogP contribution >= 0.6 is 0 Å². The van der Waals surface area contributed by atoms with Gasteiger partial charge in [0.25, 0.3) is 0 Å². The number of amides is 1. The normalized spacial score (nSPS) is 17.3. The van der Waals surface area contributed by atoms with Crippen molar-refractivity contribution in [1.82, 2.24) is 9.88 Å². The van der Waals surface area contributed by atoms with Gasteiger partial charge in [-0.1, -0.05) is 25.1 Å². The molecule has 2 rings (SSSR count). The summed E-state index contributed by atoms with van der Waals surface area (Å²) in [4.78, 5) is 23.5. The maximum atomic E-state index is 12.1. The SMILES string of the molecule is C=CCN(CC1CC(c2cccnc2)=NO1)C(=O)C(C)C. The van der Waals surface area contributed by atoms with Crippen molar-refractivity contribution in [3.8, 4) is 0 Å². The fraction of sp³-hybridized carbons (Fsp3) is 0.438. The maximum Gasteiger partial charge on any atom is 0.225 e. The zero-order valence-corrected chi connectivity index (χ0v) is 12.5. The van der Waals surface area contributed by atoms with E-state index in [4.69, 9.17) is 4.84 Å². The topological polar surface area (TPSA) is 54.8 Å². The number of hydrogen-bond acceptors (Lipinski definition) is 4. The van der Waals surface area contributed by atoms with E-state index in [9.17, 15) is 4.79 Å². The number of hydrogen-bond donors (Lipinski definition) is 0. The summed E-state index contributed by atoms with van der Waals surface area (Å²) in [7, 11) is 0. The van der Waals surface area contributed by atoms with Crippen LogP contribution in [-0.2, 0) is 9.63 Å². The highest BCUT2D eigenvalue weighted by Crippen LogP contribution is 2.17. The Bertz CT molecular complexity index is 526. The molecule has 1 aliphatic rings. The van der Waals surface area contributed by atoms with E-state index in [1.807, 2.05) is 26.0 Å². The predicted octanol–water partition coefficient (Wildman–Crippen LogP) is 2.25. The molecule has 1 unspecified atom stereocenters. The van der Waals surface area contributed by atoms with Gasteiger partial charge in [0.15, 0.2) is 6.10 Å². The Morgan fingerprint density at radius 1 is 1.62 bits per heavy atom. The molecule has 0 N–H and O–H groups in total. The first-order chi connectivity index (χ1) is 10.1. The second-order valence-electron chi connectivity index (χ2n) is 5.40. The van der Waals surface area contributed by atoms with Gasteiger partial charge in [-0.25, -0.2) is 0 Å². The molecule has 112 valence electrons. The van der Waals surface area contributed by atoms with Crippen molar-refractivity contribution in [3.05, 3.63) is 42.7 Å². The first-order valence-corrected chi connectivity index (χ1v) is 7.14. The highest BCUT2D eigenvalue weighted by Gasteiger charge is 2.27. The molecule has 0 bridgehead atoms. The fourth-order valence-corrected chi connectivity index (χ4v) is 2.25. The van der Waals surface area contributed by atoms with Crippen molar-refractivity contribution in [2.75, 3.05) is 13.1 Å². The second kappa shape index (κ2) is 7.02. The summed E-state index contributed by atoms with van der Waals surface area (Å²) in [5, 5.41) is 4.12. The molecule has 1 atom stereocenters. The standard InChI is InChI=1S/C16H21N3O2/c1-4-8-19(16(20)12(2)3)11-14-9-15(18-21-14)13-6-5-7-17-10-13/h4-7,10,12,14H,1,8-9,11H2,2-3H3. The van der Waals surface area contributed by atoms with Crippen LogP contribution in [0.15, 0.2) is 42.3 Å². The molecule has 5 heteroatoms. The molecule has 0 radical (unpaired) electrons. The van der Waals surface area contributed by atoms with E-state index in [-0.39, 0.29) is 17.9 Å². The van der Waals surface area contributed by atoms with Crippen molar-refractivity contribution >= 4 is 11.6 Å². The van der Waals surface area contributed by atoms with E-state index in [0.29, 0.717) is 19.5 Å². The summed E-state index contributed by atoms with van der Waals surface area (Å²) >= 11 is 0. The second-order valence-corrected chi connectivity index (χ2v) is 5.40. The summed E-state index contributed by atoms with van der Waals surface area (Å²) < 4.78 is 0. The zero-order valence-electron chi connectivity index (χ0n) is 12.5. The lowest BCUT2D eigenvalue weighted by molar-refractivity contribution is -0.135. The van der Waals surface area contributed by atoms with E-state index < -0.39 is 0 Å². The number of oxime groups is 1. The summed E-state index contributed by atoms with van der Waals surface area (Å²) in [6, 6.07) is 3.83. The third-order valence-corrected chi connectivity index (χ3v) is 3.31. The fourth-order valence-electron chi connectivity index (χ4n) is 2.25. The van der Waals surface area contributed by atoms with Crippen LogP contribution in [0.2, 0.25) is 0 Å². The number of pyridine rings is 1. The number of aromatic nitrogens is 1. The average Bonchev–Trinajstić information content (AvgIpc) is 2.95. The van der Waals surface area contributed by atoms with Crippen LogP contribution in [-0.4, -0.2) is 40.7 Å². The van der Waals surface area contributed by atoms with Crippen molar-refractivity contribution in [1.29, 1.82) is 0 Å². The lowest BCUT2D eigenvalue weighted by Gasteiger charge is -2.25. The summed E-state index contributed by atoms with van der Waals surface area (Å²) in [6.45, 7) is 8.55. The number of rotatable bonds is 6. The molecule has 0 aliphatic carbocycles. The quantitative estimate of drug-likeness (QED) is 0.754. The third-order valence-electron chi connectivity index (χ3n) is 3.31. The molecule has 0 aromatic carbocycles. The van der Waals surface area contributed by atoms with Gasteiger partial charge in [0.1, 0.15) is 0 Å². The minimum Gasteiger partial charge on any atom is -0.390 e. The highest BCUT2D eigenvalue weighted by molar-refractivity contribution is 6.01. The van der Waals surface area contributed by atoms with Crippen molar-refractivity contribution in [3.63, 3.8) is 0 Å². The minimum atomic E-state index is -0.108. The van der Waals surface area contributed by atoms with Crippen LogP contribution in [0.5, 0.6) is 0 Å². The minimum absolute atomic E-state index is 0.0370. The van der Waals surface area contributed by atoms with E-state index in [0.717, 1.165) is 11.3 Å². The van der Waals surface area contributed by atoms with E-state index in [1.54, 1.807) is 23.4 Å². The van der Waals surface area contributed by atoms with Gasteiger partial charge in [0, 0.05) is 36.8 Å². The molecule has 21 heavy (non-hydrogen) atoms. The Kier molecular flexibility index (Phi) is 5.09. The molecule has 0 spiro atoms. The van der Waals surface area contributed by atoms with Gasteiger partial charge in [-0.05, 0) is 12.1 Å². The number of nitrogens with zero attached hydrogens (tertiary/aromatic N) is 3. The molecule has 1 amide bonds. The lowest BCUT2D eigenvalue weighted by Crippen LogP contribution is -2.40. The summed E-state index contributed by atoms with van der Waals surface area (Å²) in [6.07, 6.45) is 5.81. The Morgan fingerprint density at radius 3 is 3.05 bits per heavy atom. The van der Waals surface area contributed by atoms with Crippen molar-refractivity contribution in [2.24, 2.45) is 11.1 Å². The molecule has 0 fully saturated rings. The van der Waals surface area contributed by atoms with E-state index in [1.165, 1.54) is 0 Å². The Morgan fingerprint density at radius 2 is 2.43 bits per heavy atom. The first-order valence-electron chi connectivity index (χ1n) is 7.14. The Balaban J connectivity index is 1.96. The predicted molar refractivity (Wildman–Crippen MR) is 81.9 cm³/mol. The van der Waals surface area contributed by atoms with Gasteiger partial charge in [0.05, 0.1) is 12.3 Å². The monoisotopic (exact) mass is 287 g/mol. The van der Waals surface area contributed by atoms with Crippen LogP contribution in [0.3, 0.4) is 0 Å². The highest BCUT2D eigenvalue weighted by atomic mass is 16.6. The van der Waals surface area contributed by atoms with Crippen LogP contribution in [0, 0.1) is 5.92 Å². The third kappa shape index (κ3) is 3.90. The number of carbonyl (C=O) groups is 1. The van der Waals surface area contributed by atoms with Gasteiger partial charge in [-0.2, -0.15) is 0 Å². The molecule has 5 nitrogen and oxygen atoms in total. The molecule has 0 saturated carbocycles. The molecular formula is C16H21N3O2. The molecular weight excluding hydrogens is 266 g/mol. The van der Waals surface area contributed by atoms with Crippen LogP contribution < -0.4 is 0 Å². The first kappa shape index (κ1) is 15.2. The Labute approximate surface area is 125 Å². The van der Waals surface area contributed by atoms with Gasteiger partial charge < -0.3 is 9.74 Å². The molecule has 1 aromatic rings. The largest absolute Gasteiger partial charge is 0.390 e. The van der Waals surface area contributed by atoms with Crippen LogP contribution in [0.4, 0.5) is 0 Å². The summed E-state index contributed by atoms with van der Waals surface area (Å²) in [5.41, 5.74) is 1.84. The van der Waals surface area contributed by atoms with Gasteiger partial charge >= 0.3 is 0 Å². The summed E-state index contributed by atoms with van der Waals surface area (Å²) in [5.74, 6) is 0.0680. The molecule has 1 aliphatic heterocycles. The van der Waals surface area contributed by atoms with Gasteiger partial charge in [-0.15, -0.1) is 6.58 Å².